The molecular formula is C24H34N4O. The maximum absolute atomic E-state index is 5.42. The van der Waals surface area contributed by atoms with Gasteiger partial charge in [0.1, 0.15) is 5.75 Å². The Morgan fingerprint density at radius 1 is 1.07 bits per heavy atom. The zero-order valence-corrected chi connectivity index (χ0v) is 17.9. The average Bonchev–Trinajstić information content (AvgIpc) is 2.76. The van der Waals surface area contributed by atoms with E-state index in [4.69, 9.17) is 4.74 Å². The fourth-order valence-electron chi connectivity index (χ4n) is 3.79. The number of benzene rings is 2. The molecule has 2 N–H and O–H groups in total. The first-order valence-electron chi connectivity index (χ1n) is 10.5. The first kappa shape index (κ1) is 21.2. The molecule has 0 saturated carbocycles. The van der Waals surface area contributed by atoms with Crippen molar-refractivity contribution in [2.24, 2.45) is 10.9 Å². The molecular weight excluding hydrogens is 360 g/mol. The molecule has 156 valence electrons. The molecule has 1 saturated heterocycles. The van der Waals surface area contributed by atoms with E-state index in [0.29, 0.717) is 12.5 Å². The van der Waals surface area contributed by atoms with E-state index in [9.17, 15) is 0 Å². The van der Waals surface area contributed by atoms with Crippen LogP contribution in [0.4, 0.5) is 0 Å². The highest BCUT2D eigenvalue weighted by Crippen LogP contribution is 2.19. The second kappa shape index (κ2) is 10.9. The third-order valence-corrected chi connectivity index (χ3v) is 5.65. The minimum atomic E-state index is 0.689. The molecule has 29 heavy (non-hydrogen) atoms. The van der Waals surface area contributed by atoms with Gasteiger partial charge in [0.25, 0.3) is 0 Å². The van der Waals surface area contributed by atoms with Gasteiger partial charge in [0, 0.05) is 32.2 Å². The quantitative estimate of drug-likeness (QED) is 0.557. The molecule has 1 aliphatic rings. The van der Waals surface area contributed by atoms with Crippen molar-refractivity contribution in [3.63, 3.8) is 0 Å². The number of hydrogen-bond donors (Lipinski definition) is 2. The lowest BCUT2D eigenvalue weighted by Gasteiger charge is -2.32. The van der Waals surface area contributed by atoms with Crippen LogP contribution in [0.2, 0.25) is 0 Å². The Morgan fingerprint density at radius 2 is 1.79 bits per heavy atom. The minimum absolute atomic E-state index is 0.689. The number of guanidine groups is 1. The molecule has 0 atom stereocenters. The van der Waals surface area contributed by atoms with Crippen LogP contribution >= 0.6 is 0 Å². The number of nitrogens with one attached hydrogen (secondary N) is 2. The molecule has 2 aromatic carbocycles. The fourth-order valence-corrected chi connectivity index (χ4v) is 3.79. The van der Waals surface area contributed by atoms with Gasteiger partial charge in [0.05, 0.1) is 7.11 Å². The standard InChI is InChI=1S/C24H34N4O/c1-19-8-10-21(11-9-19)18-28-14-12-20(13-15-28)16-26-24(25-2)27-17-22-6-4-5-7-23(22)29-3/h4-11,20H,12-18H2,1-3H3,(H2,25,26,27). The molecule has 1 heterocycles. The summed E-state index contributed by atoms with van der Waals surface area (Å²) in [6.07, 6.45) is 2.45. The van der Waals surface area contributed by atoms with E-state index in [1.165, 1.54) is 24.0 Å². The number of nitrogens with zero attached hydrogens (tertiary/aromatic N) is 2. The van der Waals surface area contributed by atoms with Crippen molar-refractivity contribution in [3.8, 4) is 5.75 Å². The van der Waals surface area contributed by atoms with Gasteiger partial charge in [-0.25, -0.2) is 0 Å². The number of hydrogen-bond acceptors (Lipinski definition) is 3. The molecule has 1 aliphatic heterocycles. The highest BCUT2D eigenvalue weighted by Gasteiger charge is 2.19. The van der Waals surface area contributed by atoms with E-state index in [-0.39, 0.29) is 0 Å². The van der Waals surface area contributed by atoms with Crippen LogP contribution in [0.25, 0.3) is 0 Å². The number of piperidine rings is 1. The third-order valence-electron chi connectivity index (χ3n) is 5.65. The van der Waals surface area contributed by atoms with Crippen molar-refractivity contribution in [1.29, 1.82) is 0 Å². The van der Waals surface area contributed by atoms with E-state index in [2.05, 4.69) is 57.8 Å². The summed E-state index contributed by atoms with van der Waals surface area (Å²) < 4.78 is 5.42. The Balaban J connectivity index is 1.39. The van der Waals surface area contributed by atoms with Crippen molar-refractivity contribution in [2.75, 3.05) is 33.8 Å². The van der Waals surface area contributed by atoms with E-state index in [1.807, 2.05) is 25.2 Å². The Bertz CT molecular complexity index is 780. The lowest BCUT2D eigenvalue weighted by Crippen LogP contribution is -2.42. The second-order valence-electron chi connectivity index (χ2n) is 7.82. The number of likely N-dealkylation sites (tertiary alicyclic amines) is 1. The van der Waals surface area contributed by atoms with Gasteiger partial charge in [0.15, 0.2) is 5.96 Å². The van der Waals surface area contributed by atoms with Crippen LogP contribution in [0.5, 0.6) is 5.75 Å². The summed E-state index contributed by atoms with van der Waals surface area (Å²) in [7, 11) is 3.53. The summed E-state index contributed by atoms with van der Waals surface area (Å²) >= 11 is 0. The maximum atomic E-state index is 5.42. The molecule has 0 unspecified atom stereocenters. The normalized spacial score (nSPS) is 15.9. The highest BCUT2D eigenvalue weighted by atomic mass is 16.5. The zero-order valence-electron chi connectivity index (χ0n) is 17.9. The van der Waals surface area contributed by atoms with Crippen molar-refractivity contribution in [3.05, 3.63) is 65.2 Å². The Morgan fingerprint density at radius 3 is 2.48 bits per heavy atom. The Kier molecular flexibility index (Phi) is 7.94. The van der Waals surface area contributed by atoms with Crippen LogP contribution in [-0.2, 0) is 13.1 Å². The number of ether oxygens (including phenoxy) is 1. The van der Waals surface area contributed by atoms with Crippen molar-refractivity contribution < 1.29 is 4.74 Å². The van der Waals surface area contributed by atoms with Crippen LogP contribution in [-0.4, -0.2) is 44.7 Å². The summed E-state index contributed by atoms with van der Waals surface area (Å²) in [5, 5.41) is 6.89. The molecule has 0 bridgehead atoms. The third kappa shape index (κ3) is 6.50. The molecule has 2 aromatic rings. The van der Waals surface area contributed by atoms with Gasteiger partial charge in [-0.2, -0.15) is 0 Å². The Hall–Kier alpha value is -2.53. The maximum Gasteiger partial charge on any atom is 0.191 e. The van der Waals surface area contributed by atoms with E-state index in [0.717, 1.165) is 43.5 Å². The smallest absolute Gasteiger partial charge is 0.191 e. The largest absolute Gasteiger partial charge is 0.496 e. The van der Waals surface area contributed by atoms with Crippen molar-refractivity contribution in [1.82, 2.24) is 15.5 Å². The second-order valence-corrected chi connectivity index (χ2v) is 7.82. The number of aryl methyl sites for hydroxylation is 1. The van der Waals surface area contributed by atoms with Gasteiger partial charge >= 0.3 is 0 Å². The number of methoxy groups -OCH3 is 1. The molecule has 0 aliphatic carbocycles. The van der Waals surface area contributed by atoms with Gasteiger partial charge in [0.2, 0.25) is 0 Å². The molecule has 0 amide bonds. The first-order chi connectivity index (χ1) is 14.2. The molecule has 3 rings (SSSR count). The summed E-state index contributed by atoms with van der Waals surface area (Å²) in [6.45, 7) is 7.17. The van der Waals surface area contributed by atoms with Crippen LogP contribution in [0.3, 0.4) is 0 Å². The summed E-state index contributed by atoms with van der Waals surface area (Å²) in [5.41, 5.74) is 3.86. The summed E-state index contributed by atoms with van der Waals surface area (Å²) in [5.74, 6) is 2.43. The Labute approximate surface area is 175 Å². The molecule has 0 aromatic heterocycles. The topological polar surface area (TPSA) is 48.9 Å². The van der Waals surface area contributed by atoms with E-state index >= 15 is 0 Å². The number of rotatable bonds is 7. The summed E-state index contributed by atoms with van der Waals surface area (Å²) in [6, 6.07) is 17.0. The SMILES string of the molecule is CN=C(NCc1ccccc1OC)NCC1CCN(Cc2ccc(C)cc2)CC1. The minimum Gasteiger partial charge on any atom is -0.496 e. The predicted molar refractivity (Wildman–Crippen MR) is 120 cm³/mol. The van der Waals surface area contributed by atoms with E-state index in [1.54, 1.807) is 7.11 Å². The fraction of sp³-hybridized carbons (Fsp3) is 0.458. The monoisotopic (exact) mass is 394 g/mol. The first-order valence-corrected chi connectivity index (χ1v) is 10.5. The van der Waals surface area contributed by atoms with Crippen molar-refractivity contribution >= 4 is 5.96 Å². The van der Waals surface area contributed by atoms with Gasteiger partial charge in [-0.05, 0) is 50.4 Å². The number of para-hydroxylation sites is 1. The van der Waals surface area contributed by atoms with Gasteiger partial charge in [-0.1, -0.05) is 48.0 Å². The van der Waals surface area contributed by atoms with Crippen molar-refractivity contribution in [2.45, 2.75) is 32.9 Å². The zero-order chi connectivity index (χ0) is 20.5. The summed E-state index contributed by atoms with van der Waals surface area (Å²) in [4.78, 5) is 6.93. The van der Waals surface area contributed by atoms with Crippen LogP contribution in [0.1, 0.15) is 29.5 Å². The predicted octanol–water partition coefficient (Wildman–Crippen LogP) is 3.58. The molecule has 0 spiro atoms. The molecule has 5 nitrogen and oxygen atoms in total. The van der Waals surface area contributed by atoms with E-state index < -0.39 is 0 Å². The molecule has 5 heteroatoms. The lowest BCUT2D eigenvalue weighted by atomic mass is 9.96. The van der Waals surface area contributed by atoms with Gasteiger partial charge in [-0.3, -0.25) is 9.89 Å². The molecule has 1 fully saturated rings. The number of aliphatic imine (C=N–C) groups is 1. The van der Waals surface area contributed by atoms with Gasteiger partial charge < -0.3 is 15.4 Å². The van der Waals surface area contributed by atoms with Crippen LogP contribution < -0.4 is 15.4 Å². The average molecular weight is 395 g/mol. The van der Waals surface area contributed by atoms with Crippen LogP contribution in [0.15, 0.2) is 53.5 Å². The van der Waals surface area contributed by atoms with Gasteiger partial charge in [-0.15, -0.1) is 0 Å². The lowest BCUT2D eigenvalue weighted by molar-refractivity contribution is 0.178. The van der Waals surface area contributed by atoms with Crippen LogP contribution in [0, 0.1) is 12.8 Å². The highest BCUT2D eigenvalue weighted by molar-refractivity contribution is 5.79. The molecule has 0 radical (unpaired) electrons.